The fourth-order valence-corrected chi connectivity index (χ4v) is 1.00. The number of rotatable bonds is 3. The van der Waals surface area contributed by atoms with E-state index in [4.69, 9.17) is 0 Å². The zero-order chi connectivity index (χ0) is 12.0. The summed E-state index contributed by atoms with van der Waals surface area (Å²) in [5.74, 6) is -0.985. The Morgan fingerprint density at radius 2 is 2.12 bits per heavy atom. The van der Waals surface area contributed by atoms with Crippen LogP contribution in [0, 0.1) is 5.92 Å². The van der Waals surface area contributed by atoms with Gasteiger partial charge in [0.2, 0.25) is 0 Å². The summed E-state index contributed by atoms with van der Waals surface area (Å²) in [5.41, 5.74) is 0.507. The molecule has 0 radical (unpaired) electrons. The fourth-order valence-electron chi connectivity index (χ4n) is 1.00. The van der Waals surface area contributed by atoms with E-state index in [1.54, 1.807) is 18.3 Å². The van der Waals surface area contributed by atoms with Crippen LogP contribution in [0.5, 0.6) is 0 Å². The van der Waals surface area contributed by atoms with Crippen LogP contribution in [0.1, 0.15) is 13.8 Å². The minimum Gasteiger partial charge on any atom is -0.348 e. The van der Waals surface area contributed by atoms with Crippen molar-refractivity contribution in [1.29, 1.82) is 0 Å². The maximum atomic E-state index is 11.4. The van der Waals surface area contributed by atoms with E-state index in [-0.39, 0.29) is 0 Å². The Morgan fingerprint density at radius 1 is 1.38 bits per heavy atom. The number of nitrogens with zero attached hydrogens (tertiary/aromatic N) is 1. The Labute approximate surface area is 94.3 Å². The molecule has 86 valence electrons. The van der Waals surface area contributed by atoms with Crippen molar-refractivity contribution in [2.75, 3.05) is 11.9 Å². The van der Waals surface area contributed by atoms with Crippen LogP contribution in [0.15, 0.2) is 24.5 Å². The van der Waals surface area contributed by atoms with Crippen molar-refractivity contribution in [3.63, 3.8) is 0 Å². The maximum absolute atomic E-state index is 11.4. The molecule has 0 aromatic carbocycles. The summed E-state index contributed by atoms with van der Waals surface area (Å²) in [6.07, 6.45) is 3.07. The Bertz CT molecular complexity index is 363. The molecule has 0 spiro atoms. The number of pyridine rings is 1. The Kier molecular flexibility index (Phi) is 4.44. The van der Waals surface area contributed by atoms with Crippen LogP contribution in [0.2, 0.25) is 0 Å². The molecule has 1 rings (SSSR count). The predicted molar refractivity (Wildman–Crippen MR) is 60.7 cm³/mol. The number of carbonyl (C=O) groups is 2. The largest absolute Gasteiger partial charge is 0.348 e. The van der Waals surface area contributed by atoms with Crippen molar-refractivity contribution in [2.24, 2.45) is 5.92 Å². The molecule has 0 bridgehead atoms. The zero-order valence-corrected chi connectivity index (χ0v) is 9.36. The van der Waals surface area contributed by atoms with E-state index in [1.807, 2.05) is 13.8 Å². The molecule has 1 aromatic rings. The lowest BCUT2D eigenvalue weighted by atomic mass is 10.2. The Morgan fingerprint density at radius 3 is 2.69 bits per heavy atom. The smallest absolute Gasteiger partial charge is 0.313 e. The molecule has 5 nitrogen and oxygen atoms in total. The number of hydrogen-bond acceptors (Lipinski definition) is 3. The van der Waals surface area contributed by atoms with E-state index in [0.29, 0.717) is 18.2 Å². The van der Waals surface area contributed by atoms with Gasteiger partial charge in [-0.25, -0.2) is 0 Å². The summed E-state index contributed by atoms with van der Waals surface area (Å²) >= 11 is 0. The third-order valence-electron chi connectivity index (χ3n) is 1.80. The lowest BCUT2D eigenvalue weighted by Crippen LogP contribution is -2.37. The molecule has 0 aliphatic rings. The number of anilines is 1. The molecule has 2 amide bonds. The lowest BCUT2D eigenvalue weighted by Gasteiger charge is -2.07. The van der Waals surface area contributed by atoms with Crippen molar-refractivity contribution in [1.82, 2.24) is 10.3 Å². The summed E-state index contributed by atoms with van der Waals surface area (Å²) in [6.45, 7) is 4.40. The first-order valence-corrected chi connectivity index (χ1v) is 5.09. The average Bonchev–Trinajstić information content (AvgIpc) is 2.27. The number of hydrogen-bond donors (Lipinski definition) is 2. The first-order valence-electron chi connectivity index (χ1n) is 5.09. The molecular formula is C11H15N3O2. The van der Waals surface area contributed by atoms with Crippen LogP contribution >= 0.6 is 0 Å². The molecule has 0 fully saturated rings. The van der Waals surface area contributed by atoms with E-state index in [2.05, 4.69) is 15.6 Å². The van der Waals surface area contributed by atoms with Gasteiger partial charge in [-0.1, -0.05) is 13.8 Å². The van der Waals surface area contributed by atoms with Gasteiger partial charge in [0.1, 0.15) is 0 Å². The van der Waals surface area contributed by atoms with Gasteiger partial charge in [-0.05, 0) is 18.1 Å². The minimum absolute atomic E-state index is 0.315. The second-order valence-corrected chi connectivity index (χ2v) is 3.80. The van der Waals surface area contributed by atoms with E-state index < -0.39 is 11.8 Å². The van der Waals surface area contributed by atoms with Gasteiger partial charge >= 0.3 is 11.8 Å². The number of amides is 2. The number of nitrogens with one attached hydrogen (secondary N) is 2. The van der Waals surface area contributed by atoms with Gasteiger partial charge in [-0.2, -0.15) is 0 Å². The summed E-state index contributed by atoms with van der Waals surface area (Å²) in [4.78, 5) is 26.5. The highest BCUT2D eigenvalue weighted by Crippen LogP contribution is 2.01. The van der Waals surface area contributed by atoms with E-state index in [9.17, 15) is 9.59 Å². The third kappa shape index (κ3) is 4.08. The molecule has 0 aliphatic carbocycles. The highest BCUT2D eigenvalue weighted by atomic mass is 16.2. The first-order chi connectivity index (χ1) is 7.59. The van der Waals surface area contributed by atoms with Crippen molar-refractivity contribution < 1.29 is 9.59 Å². The fraction of sp³-hybridized carbons (Fsp3) is 0.364. The molecule has 0 saturated carbocycles. The second-order valence-electron chi connectivity index (χ2n) is 3.80. The van der Waals surface area contributed by atoms with Crippen LogP contribution in [-0.4, -0.2) is 23.3 Å². The lowest BCUT2D eigenvalue weighted by molar-refractivity contribution is -0.136. The second kappa shape index (κ2) is 5.85. The molecule has 0 unspecified atom stereocenters. The standard InChI is InChI=1S/C11H15N3O2/c1-8(2)6-13-10(15)11(16)14-9-4-3-5-12-7-9/h3-5,7-8H,6H2,1-2H3,(H,13,15)(H,14,16). The quantitative estimate of drug-likeness (QED) is 0.741. The zero-order valence-electron chi connectivity index (χ0n) is 9.36. The number of aromatic nitrogens is 1. The average molecular weight is 221 g/mol. The SMILES string of the molecule is CC(C)CNC(=O)C(=O)Nc1cccnc1. The first kappa shape index (κ1) is 12.2. The normalized spacial score (nSPS) is 9.94. The van der Waals surface area contributed by atoms with Gasteiger partial charge in [0.15, 0.2) is 0 Å². The van der Waals surface area contributed by atoms with Crippen molar-refractivity contribution in [3.8, 4) is 0 Å². The van der Waals surface area contributed by atoms with Crippen molar-refractivity contribution in [2.45, 2.75) is 13.8 Å². The molecule has 5 heteroatoms. The summed E-state index contributed by atoms with van der Waals surface area (Å²) in [5, 5.41) is 4.98. The molecule has 2 N–H and O–H groups in total. The third-order valence-corrected chi connectivity index (χ3v) is 1.80. The summed E-state index contributed by atoms with van der Waals surface area (Å²) < 4.78 is 0. The predicted octanol–water partition coefficient (Wildman–Crippen LogP) is 0.792. The molecule has 0 atom stereocenters. The van der Waals surface area contributed by atoms with Gasteiger partial charge in [0.05, 0.1) is 11.9 Å². The maximum Gasteiger partial charge on any atom is 0.313 e. The van der Waals surface area contributed by atoms with Gasteiger partial charge in [0, 0.05) is 12.7 Å². The van der Waals surface area contributed by atoms with E-state index >= 15 is 0 Å². The molecule has 0 saturated heterocycles. The van der Waals surface area contributed by atoms with Gasteiger partial charge < -0.3 is 10.6 Å². The van der Waals surface area contributed by atoms with Gasteiger partial charge in [0.25, 0.3) is 0 Å². The molecule has 16 heavy (non-hydrogen) atoms. The van der Waals surface area contributed by atoms with E-state index in [1.165, 1.54) is 6.20 Å². The Balaban J connectivity index is 2.44. The van der Waals surface area contributed by atoms with Crippen molar-refractivity contribution >= 4 is 17.5 Å². The van der Waals surface area contributed by atoms with Crippen LogP contribution in [0.4, 0.5) is 5.69 Å². The monoisotopic (exact) mass is 221 g/mol. The minimum atomic E-state index is -0.673. The van der Waals surface area contributed by atoms with Crippen LogP contribution in [0.3, 0.4) is 0 Å². The summed E-state index contributed by atoms with van der Waals surface area (Å²) in [7, 11) is 0. The van der Waals surface area contributed by atoms with Gasteiger partial charge in [-0.15, -0.1) is 0 Å². The molecule has 1 heterocycles. The van der Waals surface area contributed by atoms with Crippen LogP contribution in [0.25, 0.3) is 0 Å². The van der Waals surface area contributed by atoms with Crippen molar-refractivity contribution in [3.05, 3.63) is 24.5 Å². The number of carbonyl (C=O) groups excluding carboxylic acids is 2. The van der Waals surface area contributed by atoms with Gasteiger partial charge in [-0.3, -0.25) is 14.6 Å². The van der Waals surface area contributed by atoms with Crippen LogP contribution in [-0.2, 0) is 9.59 Å². The van der Waals surface area contributed by atoms with E-state index in [0.717, 1.165) is 0 Å². The highest BCUT2D eigenvalue weighted by molar-refractivity contribution is 6.39. The highest BCUT2D eigenvalue weighted by Gasteiger charge is 2.13. The topological polar surface area (TPSA) is 71.1 Å². The molecule has 0 aliphatic heterocycles. The Hall–Kier alpha value is -1.91. The molecular weight excluding hydrogens is 206 g/mol. The molecule has 1 aromatic heterocycles. The van der Waals surface area contributed by atoms with Crippen LogP contribution < -0.4 is 10.6 Å². The summed E-state index contributed by atoms with van der Waals surface area (Å²) in [6, 6.07) is 3.35.